The molecule has 1 aliphatic rings. The van der Waals surface area contributed by atoms with Gasteiger partial charge in [0.05, 0.1) is 6.54 Å². The molecule has 6 heteroatoms. The van der Waals surface area contributed by atoms with Crippen LogP contribution in [0.25, 0.3) is 0 Å². The van der Waals surface area contributed by atoms with Crippen molar-refractivity contribution in [2.45, 2.75) is 25.4 Å². The second-order valence-electron chi connectivity index (χ2n) is 5.37. The van der Waals surface area contributed by atoms with Gasteiger partial charge in [0.2, 0.25) is 5.91 Å². The van der Waals surface area contributed by atoms with E-state index in [4.69, 9.17) is 0 Å². The number of likely N-dealkylation sites (N-methyl/N-ethyl adjacent to an activating group) is 1. The number of carbonyl (C=O) groups is 1. The lowest BCUT2D eigenvalue weighted by Crippen LogP contribution is -2.49. The standard InChI is InChI=1S/C15H21F2N3O/c1-18-8-15(21)19-11-4-3-7-20(9-11)10-12-13(16)5-2-6-14(12)17/h2,5-6,11,18H,3-4,7-10H2,1H3,(H,19,21). The maximum Gasteiger partial charge on any atom is 0.234 e. The fraction of sp³-hybridized carbons (Fsp3) is 0.533. The molecule has 1 atom stereocenters. The van der Waals surface area contributed by atoms with Gasteiger partial charge >= 0.3 is 0 Å². The molecule has 116 valence electrons. The monoisotopic (exact) mass is 297 g/mol. The quantitative estimate of drug-likeness (QED) is 0.860. The summed E-state index contributed by atoms with van der Waals surface area (Å²) >= 11 is 0. The molecule has 0 bridgehead atoms. The first-order valence-electron chi connectivity index (χ1n) is 7.19. The fourth-order valence-corrected chi connectivity index (χ4v) is 2.66. The average molecular weight is 297 g/mol. The smallest absolute Gasteiger partial charge is 0.234 e. The highest BCUT2D eigenvalue weighted by Gasteiger charge is 2.22. The van der Waals surface area contributed by atoms with Crippen molar-refractivity contribution in [2.75, 3.05) is 26.7 Å². The van der Waals surface area contributed by atoms with E-state index in [1.165, 1.54) is 18.2 Å². The highest BCUT2D eigenvalue weighted by molar-refractivity contribution is 5.78. The molecule has 0 aromatic heterocycles. The van der Waals surface area contributed by atoms with Crippen LogP contribution >= 0.6 is 0 Å². The lowest BCUT2D eigenvalue weighted by Gasteiger charge is -2.33. The first kappa shape index (κ1) is 15.9. The molecule has 0 spiro atoms. The van der Waals surface area contributed by atoms with E-state index in [0.29, 0.717) is 6.54 Å². The molecule has 1 heterocycles. The number of carbonyl (C=O) groups excluding carboxylic acids is 1. The lowest BCUT2D eigenvalue weighted by atomic mass is 10.0. The highest BCUT2D eigenvalue weighted by atomic mass is 19.1. The molecule has 1 saturated heterocycles. The van der Waals surface area contributed by atoms with Crippen LogP contribution in [0.2, 0.25) is 0 Å². The Morgan fingerprint density at radius 2 is 2.10 bits per heavy atom. The Morgan fingerprint density at radius 3 is 2.76 bits per heavy atom. The molecule has 0 saturated carbocycles. The van der Waals surface area contributed by atoms with Crippen molar-refractivity contribution >= 4 is 5.91 Å². The van der Waals surface area contributed by atoms with E-state index >= 15 is 0 Å². The van der Waals surface area contributed by atoms with Crippen LogP contribution in [0.1, 0.15) is 18.4 Å². The molecule has 1 aromatic carbocycles. The van der Waals surface area contributed by atoms with Gasteiger partial charge in [0.15, 0.2) is 0 Å². The summed E-state index contributed by atoms with van der Waals surface area (Å²) in [6.45, 7) is 1.91. The van der Waals surface area contributed by atoms with Crippen molar-refractivity contribution < 1.29 is 13.6 Å². The van der Waals surface area contributed by atoms with Crippen LogP contribution in [0.5, 0.6) is 0 Å². The number of nitrogens with one attached hydrogen (secondary N) is 2. The molecule has 1 aliphatic heterocycles. The summed E-state index contributed by atoms with van der Waals surface area (Å²) in [4.78, 5) is 13.6. The van der Waals surface area contributed by atoms with E-state index in [1.54, 1.807) is 7.05 Å². The maximum atomic E-state index is 13.7. The summed E-state index contributed by atoms with van der Waals surface area (Å²) in [5.74, 6) is -1.09. The molecule has 0 radical (unpaired) electrons. The van der Waals surface area contributed by atoms with Crippen LogP contribution in [0.3, 0.4) is 0 Å². The van der Waals surface area contributed by atoms with Gasteiger partial charge in [-0.1, -0.05) is 6.07 Å². The van der Waals surface area contributed by atoms with Gasteiger partial charge in [-0.15, -0.1) is 0 Å². The zero-order valence-electron chi connectivity index (χ0n) is 12.2. The van der Waals surface area contributed by atoms with Crippen LogP contribution in [0, 0.1) is 11.6 Å². The van der Waals surface area contributed by atoms with Gasteiger partial charge < -0.3 is 10.6 Å². The third-order valence-corrected chi connectivity index (χ3v) is 3.65. The third kappa shape index (κ3) is 4.47. The predicted molar refractivity (Wildman–Crippen MR) is 76.7 cm³/mol. The van der Waals surface area contributed by atoms with Gasteiger partial charge in [0.25, 0.3) is 0 Å². The normalized spacial score (nSPS) is 19.5. The minimum absolute atomic E-state index is 0.0365. The van der Waals surface area contributed by atoms with Crippen molar-refractivity contribution in [3.8, 4) is 0 Å². The van der Waals surface area contributed by atoms with Crippen LogP contribution in [-0.2, 0) is 11.3 Å². The van der Waals surface area contributed by atoms with E-state index in [2.05, 4.69) is 10.6 Å². The number of benzene rings is 1. The minimum Gasteiger partial charge on any atom is -0.351 e. The predicted octanol–water partition coefficient (Wildman–Crippen LogP) is 1.26. The Hall–Kier alpha value is -1.53. The van der Waals surface area contributed by atoms with Crippen molar-refractivity contribution in [2.24, 2.45) is 0 Å². The van der Waals surface area contributed by atoms with Gasteiger partial charge in [0.1, 0.15) is 11.6 Å². The summed E-state index contributed by atoms with van der Waals surface area (Å²) in [5, 5.41) is 5.73. The van der Waals surface area contributed by atoms with E-state index < -0.39 is 11.6 Å². The lowest BCUT2D eigenvalue weighted by molar-refractivity contribution is -0.121. The number of piperidine rings is 1. The molecule has 4 nitrogen and oxygen atoms in total. The van der Waals surface area contributed by atoms with E-state index in [0.717, 1.165) is 19.4 Å². The van der Waals surface area contributed by atoms with Crippen molar-refractivity contribution in [1.82, 2.24) is 15.5 Å². The van der Waals surface area contributed by atoms with Crippen LogP contribution < -0.4 is 10.6 Å². The van der Waals surface area contributed by atoms with Crippen LogP contribution in [0.15, 0.2) is 18.2 Å². The Morgan fingerprint density at radius 1 is 1.38 bits per heavy atom. The van der Waals surface area contributed by atoms with Gasteiger partial charge in [-0.3, -0.25) is 9.69 Å². The van der Waals surface area contributed by atoms with Gasteiger partial charge in [0, 0.05) is 24.7 Å². The van der Waals surface area contributed by atoms with Gasteiger partial charge in [-0.2, -0.15) is 0 Å². The molecule has 1 aromatic rings. The van der Waals surface area contributed by atoms with Gasteiger partial charge in [-0.25, -0.2) is 8.78 Å². The molecule has 0 aliphatic carbocycles. The van der Waals surface area contributed by atoms with Crippen LogP contribution in [0.4, 0.5) is 8.78 Å². The fourth-order valence-electron chi connectivity index (χ4n) is 2.66. The Labute approximate surface area is 123 Å². The van der Waals surface area contributed by atoms with E-state index in [9.17, 15) is 13.6 Å². The second-order valence-corrected chi connectivity index (χ2v) is 5.37. The number of likely N-dealkylation sites (tertiary alicyclic amines) is 1. The number of halogens is 2. The number of hydrogen-bond donors (Lipinski definition) is 2. The first-order chi connectivity index (χ1) is 10.1. The van der Waals surface area contributed by atoms with Gasteiger partial charge in [-0.05, 0) is 38.6 Å². The first-order valence-corrected chi connectivity index (χ1v) is 7.19. The molecule has 1 unspecified atom stereocenters. The summed E-state index contributed by atoms with van der Waals surface area (Å²) in [7, 11) is 1.72. The van der Waals surface area contributed by atoms with Crippen LogP contribution in [-0.4, -0.2) is 43.5 Å². The van der Waals surface area contributed by atoms with Crippen molar-refractivity contribution in [1.29, 1.82) is 0 Å². The number of amides is 1. The zero-order chi connectivity index (χ0) is 15.2. The molecule has 2 N–H and O–H groups in total. The minimum atomic E-state index is -0.517. The highest BCUT2D eigenvalue weighted by Crippen LogP contribution is 2.18. The molecular weight excluding hydrogens is 276 g/mol. The topological polar surface area (TPSA) is 44.4 Å². The Kier molecular flexibility index (Phi) is 5.64. The van der Waals surface area contributed by atoms with Crippen molar-refractivity contribution in [3.63, 3.8) is 0 Å². The van der Waals surface area contributed by atoms with E-state index in [-0.39, 0.29) is 30.6 Å². The Bertz CT molecular complexity index is 476. The molecule has 1 fully saturated rings. The SMILES string of the molecule is CNCC(=O)NC1CCCN(Cc2c(F)cccc2F)C1. The average Bonchev–Trinajstić information content (AvgIpc) is 2.44. The summed E-state index contributed by atoms with van der Waals surface area (Å²) in [6.07, 6.45) is 1.80. The third-order valence-electron chi connectivity index (χ3n) is 3.65. The summed E-state index contributed by atoms with van der Waals surface area (Å²) in [6, 6.07) is 3.95. The summed E-state index contributed by atoms with van der Waals surface area (Å²) in [5.41, 5.74) is 0.0969. The molecular formula is C15H21F2N3O. The number of rotatable bonds is 5. The number of nitrogens with zero attached hydrogens (tertiary/aromatic N) is 1. The van der Waals surface area contributed by atoms with E-state index in [1.807, 2.05) is 4.90 Å². The molecule has 1 amide bonds. The summed E-state index contributed by atoms with van der Waals surface area (Å²) < 4.78 is 27.3. The number of hydrogen-bond acceptors (Lipinski definition) is 3. The zero-order valence-corrected chi connectivity index (χ0v) is 12.2. The largest absolute Gasteiger partial charge is 0.351 e. The maximum absolute atomic E-state index is 13.7. The molecule has 21 heavy (non-hydrogen) atoms. The second kappa shape index (κ2) is 7.47. The molecule has 2 rings (SSSR count). The Balaban J connectivity index is 1.94. The van der Waals surface area contributed by atoms with Crippen molar-refractivity contribution in [3.05, 3.63) is 35.4 Å².